The van der Waals surface area contributed by atoms with Gasteiger partial charge in [0, 0.05) is 18.2 Å². The van der Waals surface area contributed by atoms with E-state index in [1.807, 2.05) is 56.3 Å². The summed E-state index contributed by atoms with van der Waals surface area (Å²) < 4.78 is 5.22. The summed E-state index contributed by atoms with van der Waals surface area (Å²) in [6.07, 6.45) is -0.531. The van der Waals surface area contributed by atoms with Crippen LogP contribution < -0.4 is 4.74 Å². The lowest BCUT2D eigenvalue weighted by Crippen LogP contribution is -2.48. The van der Waals surface area contributed by atoms with E-state index < -0.39 is 12.0 Å². The summed E-state index contributed by atoms with van der Waals surface area (Å²) in [5.74, 6) is 0.136. The monoisotopic (exact) mass is 363 g/mol. The number of fused-ring (bicyclic) bond motifs is 1. The van der Waals surface area contributed by atoms with Crippen molar-refractivity contribution in [2.24, 2.45) is 16.2 Å². The van der Waals surface area contributed by atoms with Crippen LogP contribution in [-0.4, -0.2) is 42.6 Å². The molecule has 0 saturated heterocycles. The molecule has 0 unspecified atom stereocenters. The molecule has 138 valence electrons. The molecular formula is C21H21N3O3. The number of hydrogen-bond acceptors (Lipinski definition) is 5. The Balaban J connectivity index is 1.76. The molecule has 6 nitrogen and oxygen atoms in total. The molecule has 0 spiro atoms. The second kappa shape index (κ2) is 6.54. The SMILES string of the molecule is COc1ccc(C2=NN(C)C(=O)[C@@H]3C(c4c(C)cccc4C)=NO[C@H]23)cc1. The molecule has 0 N–H and O–H groups in total. The lowest BCUT2D eigenvalue weighted by atomic mass is 9.83. The number of oxime groups is 1. The zero-order chi connectivity index (χ0) is 19.1. The van der Waals surface area contributed by atoms with Crippen LogP contribution in [0.3, 0.4) is 0 Å². The van der Waals surface area contributed by atoms with Gasteiger partial charge in [-0.15, -0.1) is 0 Å². The number of methoxy groups -OCH3 is 1. The van der Waals surface area contributed by atoms with Crippen LogP contribution >= 0.6 is 0 Å². The van der Waals surface area contributed by atoms with Gasteiger partial charge >= 0.3 is 0 Å². The van der Waals surface area contributed by atoms with Gasteiger partial charge in [-0.1, -0.05) is 23.4 Å². The van der Waals surface area contributed by atoms with E-state index in [0.29, 0.717) is 11.4 Å². The van der Waals surface area contributed by atoms with Crippen molar-refractivity contribution in [2.45, 2.75) is 20.0 Å². The smallest absolute Gasteiger partial charge is 0.256 e. The molecule has 0 aliphatic carbocycles. The molecule has 2 atom stereocenters. The van der Waals surface area contributed by atoms with Crippen LogP contribution in [0.15, 0.2) is 52.7 Å². The summed E-state index contributed by atoms with van der Waals surface area (Å²) in [6.45, 7) is 4.04. The summed E-state index contributed by atoms with van der Waals surface area (Å²) >= 11 is 0. The number of benzene rings is 2. The van der Waals surface area contributed by atoms with Crippen LogP contribution in [0.5, 0.6) is 5.75 Å². The van der Waals surface area contributed by atoms with Crippen molar-refractivity contribution in [3.63, 3.8) is 0 Å². The van der Waals surface area contributed by atoms with Crippen LogP contribution in [0.25, 0.3) is 0 Å². The largest absolute Gasteiger partial charge is 0.497 e. The predicted octanol–water partition coefficient (Wildman–Crippen LogP) is 2.91. The van der Waals surface area contributed by atoms with Gasteiger partial charge in [0.15, 0.2) is 6.10 Å². The maximum Gasteiger partial charge on any atom is 0.256 e. The summed E-state index contributed by atoms with van der Waals surface area (Å²) in [5.41, 5.74) is 5.36. The van der Waals surface area contributed by atoms with E-state index in [0.717, 1.165) is 28.0 Å². The normalized spacial score (nSPS) is 21.3. The Morgan fingerprint density at radius 2 is 1.70 bits per heavy atom. The maximum atomic E-state index is 12.9. The molecular weight excluding hydrogens is 342 g/mol. The molecule has 0 aromatic heterocycles. The van der Waals surface area contributed by atoms with Gasteiger partial charge in [-0.05, 0) is 49.2 Å². The van der Waals surface area contributed by atoms with E-state index >= 15 is 0 Å². The molecule has 27 heavy (non-hydrogen) atoms. The molecule has 0 saturated carbocycles. The van der Waals surface area contributed by atoms with Gasteiger partial charge in [0.1, 0.15) is 23.1 Å². The summed E-state index contributed by atoms with van der Waals surface area (Å²) in [5, 5.41) is 10.2. The highest BCUT2D eigenvalue weighted by atomic mass is 16.6. The topological polar surface area (TPSA) is 63.5 Å². The van der Waals surface area contributed by atoms with Crippen molar-refractivity contribution in [1.29, 1.82) is 0 Å². The molecule has 1 amide bonds. The number of ether oxygens (including phenoxy) is 1. The van der Waals surface area contributed by atoms with Crippen molar-refractivity contribution in [3.05, 3.63) is 64.7 Å². The minimum absolute atomic E-state index is 0.115. The van der Waals surface area contributed by atoms with E-state index in [9.17, 15) is 4.79 Å². The van der Waals surface area contributed by atoms with Gasteiger partial charge in [0.05, 0.1) is 7.11 Å². The summed E-state index contributed by atoms with van der Waals surface area (Å²) in [7, 11) is 3.29. The number of carbonyl (C=O) groups is 1. The average molecular weight is 363 g/mol. The van der Waals surface area contributed by atoms with Gasteiger partial charge in [0.2, 0.25) is 0 Å². The quantitative estimate of drug-likeness (QED) is 0.842. The molecule has 2 aliphatic rings. The number of aryl methyl sites for hydroxylation is 2. The number of amides is 1. The van der Waals surface area contributed by atoms with E-state index in [1.54, 1.807) is 14.2 Å². The van der Waals surface area contributed by atoms with E-state index in [4.69, 9.17) is 9.57 Å². The highest BCUT2D eigenvalue weighted by molar-refractivity contribution is 6.21. The van der Waals surface area contributed by atoms with Gasteiger partial charge in [-0.25, -0.2) is 5.01 Å². The third-order valence-electron chi connectivity index (χ3n) is 5.10. The lowest BCUT2D eigenvalue weighted by molar-refractivity contribution is -0.134. The summed E-state index contributed by atoms with van der Waals surface area (Å²) in [4.78, 5) is 18.7. The number of rotatable bonds is 3. The Bertz CT molecular complexity index is 943. The van der Waals surface area contributed by atoms with Crippen LogP contribution in [0.2, 0.25) is 0 Å². The molecule has 2 heterocycles. The third kappa shape index (κ3) is 2.77. The number of nitrogens with zero attached hydrogens (tertiary/aromatic N) is 3. The molecule has 4 rings (SSSR count). The van der Waals surface area contributed by atoms with Gasteiger partial charge in [0.25, 0.3) is 5.91 Å². The lowest BCUT2D eigenvalue weighted by Gasteiger charge is -2.29. The molecule has 2 aromatic carbocycles. The number of hydrogen-bond donors (Lipinski definition) is 0. The average Bonchev–Trinajstić information content (AvgIpc) is 3.10. The molecule has 0 radical (unpaired) electrons. The predicted molar refractivity (Wildman–Crippen MR) is 103 cm³/mol. The van der Waals surface area contributed by atoms with Crippen LogP contribution in [0.4, 0.5) is 0 Å². The van der Waals surface area contributed by atoms with Gasteiger partial charge in [-0.3, -0.25) is 4.79 Å². The first kappa shape index (κ1) is 17.3. The van der Waals surface area contributed by atoms with Crippen LogP contribution in [0, 0.1) is 19.8 Å². The Kier molecular flexibility index (Phi) is 4.18. The van der Waals surface area contributed by atoms with Crippen LogP contribution in [-0.2, 0) is 9.63 Å². The van der Waals surface area contributed by atoms with E-state index in [-0.39, 0.29) is 5.91 Å². The zero-order valence-electron chi connectivity index (χ0n) is 15.8. The minimum atomic E-state index is -0.531. The van der Waals surface area contributed by atoms with Crippen molar-refractivity contribution >= 4 is 17.3 Å². The van der Waals surface area contributed by atoms with Crippen molar-refractivity contribution in [3.8, 4) is 5.75 Å². The third-order valence-corrected chi connectivity index (χ3v) is 5.10. The molecule has 2 aromatic rings. The Morgan fingerprint density at radius 3 is 2.33 bits per heavy atom. The maximum absolute atomic E-state index is 12.9. The second-order valence-electron chi connectivity index (χ2n) is 6.82. The second-order valence-corrected chi connectivity index (χ2v) is 6.82. The van der Waals surface area contributed by atoms with Crippen molar-refractivity contribution in [1.82, 2.24) is 5.01 Å². The first-order chi connectivity index (χ1) is 13.0. The molecule has 2 aliphatic heterocycles. The first-order valence-corrected chi connectivity index (χ1v) is 8.82. The Hall–Kier alpha value is -3.15. The van der Waals surface area contributed by atoms with Crippen molar-refractivity contribution in [2.75, 3.05) is 14.2 Å². The fraction of sp³-hybridized carbons (Fsp3) is 0.286. The highest BCUT2D eigenvalue weighted by Crippen LogP contribution is 2.33. The van der Waals surface area contributed by atoms with E-state index in [2.05, 4.69) is 10.3 Å². The minimum Gasteiger partial charge on any atom is -0.497 e. The number of hydrazone groups is 1. The Labute approximate surface area is 158 Å². The standard InChI is InChI=1S/C21H21N3O3/c1-12-6-5-7-13(2)16(12)19-17-20(27-23-19)18(22-24(3)21(17)25)14-8-10-15(26-4)11-9-14/h5-11,17,20H,1-4H3/t17-,20+/m1/s1. The highest BCUT2D eigenvalue weighted by Gasteiger charge is 2.48. The zero-order valence-corrected chi connectivity index (χ0v) is 15.8. The first-order valence-electron chi connectivity index (χ1n) is 8.82. The molecule has 0 fully saturated rings. The van der Waals surface area contributed by atoms with Crippen molar-refractivity contribution < 1.29 is 14.4 Å². The van der Waals surface area contributed by atoms with Gasteiger partial charge < -0.3 is 9.57 Å². The van der Waals surface area contributed by atoms with Crippen LogP contribution in [0.1, 0.15) is 22.3 Å². The fourth-order valence-electron chi connectivity index (χ4n) is 3.70. The summed E-state index contributed by atoms with van der Waals surface area (Å²) in [6, 6.07) is 13.6. The molecule has 0 bridgehead atoms. The Morgan fingerprint density at radius 1 is 1.04 bits per heavy atom. The van der Waals surface area contributed by atoms with E-state index in [1.165, 1.54) is 5.01 Å². The van der Waals surface area contributed by atoms with Gasteiger partial charge in [-0.2, -0.15) is 5.10 Å². The molecule has 6 heteroatoms. The number of carbonyl (C=O) groups excluding carboxylic acids is 1. The fourth-order valence-corrected chi connectivity index (χ4v) is 3.70.